The Bertz CT molecular complexity index is 330. The van der Waals surface area contributed by atoms with Crippen LogP contribution in [-0.4, -0.2) is 16.0 Å². The smallest absolute Gasteiger partial charge is 0.0570 e. The Morgan fingerprint density at radius 3 is 2.71 bits per heavy atom. The lowest BCUT2D eigenvalue weighted by atomic mass is 10.3. The molecule has 0 aliphatic carbocycles. The first-order valence-corrected chi connectivity index (χ1v) is 6.52. The van der Waals surface area contributed by atoms with Gasteiger partial charge in [0.15, 0.2) is 0 Å². The Morgan fingerprint density at radius 2 is 2.14 bits per heavy atom. The van der Waals surface area contributed by atoms with Gasteiger partial charge in [0.05, 0.1) is 15.7 Å². The SMILES string of the molecule is CC(CCN)S(=O)c1ccccc1Br. The molecule has 0 fully saturated rings. The molecular weight excluding hydrogens is 262 g/mol. The third-order valence-corrected chi connectivity index (χ3v) is 4.70. The molecule has 0 bridgehead atoms. The Hall–Kier alpha value is -0.190. The molecule has 0 aliphatic rings. The van der Waals surface area contributed by atoms with E-state index >= 15 is 0 Å². The standard InChI is InChI=1S/C10H14BrNOS/c1-8(6-7-12)14(13)10-5-3-2-4-9(10)11/h2-5,8H,6-7,12H2,1H3. The third kappa shape index (κ3) is 2.90. The predicted molar refractivity (Wildman–Crippen MR) is 63.7 cm³/mol. The predicted octanol–water partition coefficient (Wildman–Crippen LogP) is 2.29. The van der Waals surface area contributed by atoms with Crippen LogP contribution in [0.4, 0.5) is 0 Å². The van der Waals surface area contributed by atoms with Crippen LogP contribution >= 0.6 is 15.9 Å². The van der Waals surface area contributed by atoms with Gasteiger partial charge in [-0.1, -0.05) is 19.1 Å². The second kappa shape index (κ2) is 5.63. The molecule has 2 nitrogen and oxygen atoms in total. The van der Waals surface area contributed by atoms with Crippen molar-refractivity contribution in [1.29, 1.82) is 0 Å². The molecular formula is C10H14BrNOS. The zero-order valence-electron chi connectivity index (χ0n) is 8.07. The van der Waals surface area contributed by atoms with Crippen molar-refractivity contribution in [2.45, 2.75) is 23.5 Å². The maximum absolute atomic E-state index is 12.0. The van der Waals surface area contributed by atoms with Gasteiger partial charge in [-0.2, -0.15) is 0 Å². The Labute approximate surface area is 95.5 Å². The first-order chi connectivity index (χ1) is 6.66. The molecule has 0 aromatic heterocycles. The molecule has 1 aromatic rings. The molecule has 2 N–H and O–H groups in total. The molecule has 0 saturated carbocycles. The first-order valence-electron chi connectivity index (χ1n) is 4.52. The summed E-state index contributed by atoms with van der Waals surface area (Å²) in [5, 5.41) is 0.110. The van der Waals surface area contributed by atoms with Crippen LogP contribution < -0.4 is 5.73 Å². The first kappa shape index (κ1) is 11.9. The van der Waals surface area contributed by atoms with Gasteiger partial charge in [0.1, 0.15) is 0 Å². The van der Waals surface area contributed by atoms with Gasteiger partial charge in [-0.25, -0.2) is 0 Å². The van der Waals surface area contributed by atoms with E-state index < -0.39 is 10.8 Å². The molecule has 2 unspecified atom stereocenters. The highest BCUT2D eigenvalue weighted by Gasteiger charge is 2.14. The zero-order valence-corrected chi connectivity index (χ0v) is 10.5. The molecule has 0 heterocycles. The van der Waals surface area contributed by atoms with Gasteiger partial charge in [-0.05, 0) is 41.0 Å². The van der Waals surface area contributed by atoms with E-state index in [2.05, 4.69) is 15.9 Å². The highest BCUT2D eigenvalue weighted by Crippen LogP contribution is 2.22. The van der Waals surface area contributed by atoms with Gasteiger partial charge in [-0.3, -0.25) is 4.21 Å². The quantitative estimate of drug-likeness (QED) is 0.917. The summed E-state index contributed by atoms with van der Waals surface area (Å²) >= 11 is 3.39. The van der Waals surface area contributed by atoms with Gasteiger partial charge in [0.2, 0.25) is 0 Å². The number of hydrogen-bond acceptors (Lipinski definition) is 2. The molecule has 1 rings (SSSR count). The molecule has 1 aromatic carbocycles. The lowest BCUT2D eigenvalue weighted by Crippen LogP contribution is -2.16. The van der Waals surface area contributed by atoms with Gasteiger partial charge >= 0.3 is 0 Å². The molecule has 0 amide bonds. The van der Waals surface area contributed by atoms with Gasteiger partial charge in [0.25, 0.3) is 0 Å². The summed E-state index contributed by atoms with van der Waals surface area (Å²) in [4.78, 5) is 0.855. The van der Waals surface area contributed by atoms with Crippen molar-refractivity contribution in [1.82, 2.24) is 0 Å². The van der Waals surface area contributed by atoms with E-state index in [1.807, 2.05) is 31.2 Å². The Balaban J connectivity index is 2.84. The topological polar surface area (TPSA) is 43.1 Å². The van der Waals surface area contributed by atoms with Crippen LogP contribution in [0.1, 0.15) is 13.3 Å². The van der Waals surface area contributed by atoms with Crippen LogP contribution in [0.5, 0.6) is 0 Å². The highest BCUT2D eigenvalue weighted by molar-refractivity contribution is 9.10. The second-order valence-electron chi connectivity index (χ2n) is 3.12. The summed E-state index contributed by atoms with van der Waals surface area (Å²) < 4.78 is 12.9. The lowest BCUT2D eigenvalue weighted by Gasteiger charge is -2.11. The molecule has 0 aliphatic heterocycles. The molecule has 4 heteroatoms. The second-order valence-corrected chi connectivity index (χ2v) is 5.81. The van der Waals surface area contributed by atoms with E-state index in [1.165, 1.54) is 0 Å². The van der Waals surface area contributed by atoms with Crippen LogP contribution in [-0.2, 0) is 10.8 Å². The molecule has 78 valence electrons. The van der Waals surface area contributed by atoms with Crippen molar-refractivity contribution in [3.8, 4) is 0 Å². The van der Waals surface area contributed by atoms with E-state index in [9.17, 15) is 4.21 Å². The van der Waals surface area contributed by atoms with E-state index in [1.54, 1.807) is 0 Å². The monoisotopic (exact) mass is 275 g/mol. The third-order valence-electron chi connectivity index (χ3n) is 1.99. The number of nitrogens with two attached hydrogens (primary N) is 1. The summed E-state index contributed by atoms with van der Waals surface area (Å²) in [6.07, 6.45) is 0.786. The van der Waals surface area contributed by atoms with Crippen LogP contribution in [0.3, 0.4) is 0 Å². The van der Waals surface area contributed by atoms with Crippen molar-refractivity contribution in [2.75, 3.05) is 6.54 Å². The summed E-state index contributed by atoms with van der Waals surface area (Å²) in [5.74, 6) is 0. The minimum atomic E-state index is -0.966. The maximum atomic E-state index is 12.0. The van der Waals surface area contributed by atoms with Gasteiger partial charge in [-0.15, -0.1) is 0 Å². The highest BCUT2D eigenvalue weighted by atomic mass is 79.9. The molecule has 0 saturated heterocycles. The fourth-order valence-corrected chi connectivity index (χ4v) is 3.19. The van der Waals surface area contributed by atoms with Crippen LogP contribution in [0.2, 0.25) is 0 Å². The average Bonchev–Trinajstić information content (AvgIpc) is 2.18. The van der Waals surface area contributed by atoms with E-state index in [0.717, 1.165) is 15.8 Å². The molecule has 14 heavy (non-hydrogen) atoms. The van der Waals surface area contributed by atoms with Gasteiger partial charge < -0.3 is 5.73 Å². The van der Waals surface area contributed by atoms with Crippen molar-refractivity contribution < 1.29 is 4.21 Å². The maximum Gasteiger partial charge on any atom is 0.0570 e. The Kier molecular flexibility index (Phi) is 4.78. The lowest BCUT2D eigenvalue weighted by molar-refractivity contribution is 0.666. The number of hydrogen-bond donors (Lipinski definition) is 1. The fraction of sp³-hybridized carbons (Fsp3) is 0.400. The van der Waals surface area contributed by atoms with Crippen molar-refractivity contribution in [2.24, 2.45) is 5.73 Å². The Morgan fingerprint density at radius 1 is 1.50 bits per heavy atom. The number of benzene rings is 1. The normalized spacial score (nSPS) is 15.1. The van der Waals surface area contributed by atoms with E-state index in [-0.39, 0.29) is 5.25 Å². The van der Waals surface area contributed by atoms with Crippen molar-refractivity contribution in [3.63, 3.8) is 0 Å². The van der Waals surface area contributed by atoms with Crippen LogP contribution in [0.15, 0.2) is 33.6 Å². The average molecular weight is 276 g/mol. The zero-order chi connectivity index (χ0) is 10.6. The minimum Gasteiger partial charge on any atom is -0.330 e. The van der Waals surface area contributed by atoms with E-state index in [0.29, 0.717) is 6.54 Å². The number of halogens is 1. The van der Waals surface area contributed by atoms with Crippen LogP contribution in [0, 0.1) is 0 Å². The minimum absolute atomic E-state index is 0.110. The van der Waals surface area contributed by atoms with Gasteiger partial charge in [0, 0.05) is 9.72 Å². The molecule has 0 spiro atoms. The number of rotatable bonds is 4. The van der Waals surface area contributed by atoms with Crippen molar-refractivity contribution in [3.05, 3.63) is 28.7 Å². The van der Waals surface area contributed by atoms with E-state index in [4.69, 9.17) is 5.73 Å². The fourth-order valence-electron chi connectivity index (χ4n) is 1.17. The largest absolute Gasteiger partial charge is 0.330 e. The summed E-state index contributed by atoms with van der Waals surface area (Å²) in [6.45, 7) is 2.54. The summed E-state index contributed by atoms with van der Waals surface area (Å²) in [5.41, 5.74) is 5.44. The summed E-state index contributed by atoms with van der Waals surface area (Å²) in [7, 11) is -0.966. The molecule has 0 radical (unpaired) electrons. The van der Waals surface area contributed by atoms with Crippen molar-refractivity contribution >= 4 is 26.7 Å². The van der Waals surface area contributed by atoms with Crippen LogP contribution in [0.25, 0.3) is 0 Å². The molecule has 2 atom stereocenters. The summed E-state index contributed by atoms with van der Waals surface area (Å²) in [6, 6.07) is 7.60.